The van der Waals surface area contributed by atoms with Crippen LogP contribution in [-0.4, -0.2) is 41.5 Å². The summed E-state index contributed by atoms with van der Waals surface area (Å²) in [7, 11) is 0. The number of carboxylic acids is 1. The molecular weight excluding hydrogens is 311 g/mol. The highest BCUT2D eigenvalue weighted by atomic mass is 19.1. The van der Waals surface area contributed by atoms with Crippen molar-refractivity contribution in [3.05, 3.63) is 35.1 Å². The zero-order valence-corrected chi connectivity index (χ0v) is 14.1. The molecule has 1 aliphatic rings. The Labute approximate surface area is 141 Å². The highest BCUT2D eigenvalue weighted by Gasteiger charge is 2.20. The van der Waals surface area contributed by atoms with Crippen LogP contribution >= 0.6 is 0 Å². The van der Waals surface area contributed by atoms with Crippen LogP contribution in [0.4, 0.5) is 4.39 Å². The first-order valence-electron chi connectivity index (χ1n) is 8.40. The van der Waals surface area contributed by atoms with Crippen molar-refractivity contribution in [1.82, 2.24) is 10.2 Å². The van der Waals surface area contributed by atoms with Gasteiger partial charge in [-0.15, -0.1) is 0 Å². The van der Waals surface area contributed by atoms with Gasteiger partial charge in [-0.1, -0.05) is 12.1 Å². The number of hydrogen-bond donors (Lipinski definition) is 2. The predicted molar refractivity (Wildman–Crippen MR) is 89.0 cm³/mol. The number of carboxylic acid groups (broad SMARTS) is 1. The summed E-state index contributed by atoms with van der Waals surface area (Å²) >= 11 is 0. The second kappa shape index (κ2) is 8.78. The number of nitrogens with zero attached hydrogens (tertiary/aromatic N) is 1. The average molecular weight is 336 g/mol. The van der Waals surface area contributed by atoms with E-state index < -0.39 is 5.97 Å². The quantitative estimate of drug-likeness (QED) is 0.836. The number of halogens is 1. The van der Waals surface area contributed by atoms with Gasteiger partial charge in [0.25, 0.3) is 0 Å². The van der Waals surface area contributed by atoms with Gasteiger partial charge in [0.1, 0.15) is 5.82 Å². The van der Waals surface area contributed by atoms with Gasteiger partial charge >= 0.3 is 5.97 Å². The second-order valence-electron chi connectivity index (χ2n) is 6.53. The fraction of sp³-hybridized carbons (Fsp3) is 0.556. The third kappa shape index (κ3) is 5.92. The topological polar surface area (TPSA) is 69.6 Å². The largest absolute Gasteiger partial charge is 0.481 e. The van der Waals surface area contributed by atoms with Crippen LogP contribution in [0.3, 0.4) is 0 Å². The molecule has 1 aromatic rings. The van der Waals surface area contributed by atoms with Crippen molar-refractivity contribution in [2.45, 2.75) is 39.2 Å². The number of aryl methyl sites for hydroxylation is 1. The molecule has 0 bridgehead atoms. The number of nitrogens with one attached hydrogen (secondary N) is 1. The van der Waals surface area contributed by atoms with Crippen molar-refractivity contribution in [1.29, 1.82) is 0 Å². The SMILES string of the molecule is Cc1ccc(CNC(=O)CN2CCCC(CC(=O)O)CC2)cc1F. The number of likely N-dealkylation sites (tertiary alicyclic amines) is 1. The summed E-state index contributed by atoms with van der Waals surface area (Å²) in [5.41, 5.74) is 1.33. The standard InChI is InChI=1S/C18H25FN2O3/c1-13-4-5-15(9-16(13)19)11-20-17(22)12-21-7-2-3-14(6-8-21)10-18(23)24/h4-5,9,14H,2-3,6-8,10-12H2,1H3,(H,20,22)(H,23,24). The lowest BCUT2D eigenvalue weighted by Gasteiger charge is -2.19. The van der Waals surface area contributed by atoms with Crippen LogP contribution in [0.1, 0.15) is 36.8 Å². The number of aliphatic carboxylic acids is 1. The molecular formula is C18H25FN2O3. The van der Waals surface area contributed by atoms with Crippen LogP contribution in [0.5, 0.6) is 0 Å². The molecule has 0 aliphatic carbocycles. The van der Waals surface area contributed by atoms with Gasteiger partial charge in [0.15, 0.2) is 0 Å². The first kappa shape index (κ1) is 18.4. The van der Waals surface area contributed by atoms with Gasteiger partial charge in [-0.2, -0.15) is 0 Å². The summed E-state index contributed by atoms with van der Waals surface area (Å²) < 4.78 is 13.5. The van der Waals surface area contributed by atoms with Crippen LogP contribution in [-0.2, 0) is 16.1 Å². The summed E-state index contributed by atoms with van der Waals surface area (Å²) in [5.74, 6) is -0.908. The van der Waals surface area contributed by atoms with Crippen LogP contribution in [0, 0.1) is 18.7 Å². The summed E-state index contributed by atoms with van der Waals surface area (Å²) in [6.45, 7) is 3.86. The minimum Gasteiger partial charge on any atom is -0.481 e. The number of carbonyl (C=O) groups excluding carboxylic acids is 1. The average Bonchev–Trinajstić information content (AvgIpc) is 2.73. The van der Waals surface area contributed by atoms with E-state index in [1.54, 1.807) is 19.1 Å². The van der Waals surface area contributed by atoms with Gasteiger partial charge in [-0.3, -0.25) is 14.5 Å². The maximum absolute atomic E-state index is 13.5. The van der Waals surface area contributed by atoms with Gasteiger partial charge in [-0.25, -0.2) is 4.39 Å². The second-order valence-corrected chi connectivity index (χ2v) is 6.53. The number of carbonyl (C=O) groups is 2. The van der Waals surface area contributed by atoms with Crippen LogP contribution < -0.4 is 5.32 Å². The van der Waals surface area contributed by atoms with E-state index in [4.69, 9.17) is 5.11 Å². The fourth-order valence-electron chi connectivity index (χ4n) is 3.04. The maximum atomic E-state index is 13.5. The Morgan fingerprint density at radius 1 is 1.33 bits per heavy atom. The fourth-order valence-corrected chi connectivity index (χ4v) is 3.04. The molecule has 1 amide bonds. The van der Waals surface area contributed by atoms with Crippen LogP contribution in [0.25, 0.3) is 0 Å². The third-order valence-corrected chi connectivity index (χ3v) is 4.50. The van der Waals surface area contributed by atoms with Crippen molar-refractivity contribution in [3.8, 4) is 0 Å². The zero-order chi connectivity index (χ0) is 17.5. The van der Waals surface area contributed by atoms with E-state index >= 15 is 0 Å². The van der Waals surface area contributed by atoms with Crippen molar-refractivity contribution >= 4 is 11.9 Å². The molecule has 1 fully saturated rings. The highest BCUT2D eigenvalue weighted by molar-refractivity contribution is 5.78. The lowest BCUT2D eigenvalue weighted by molar-refractivity contribution is -0.138. The zero-order valence-electron chi connectivity index (χ0n) is 14.1. The molecule has 1 atom stereocenters. The summed E-state index contributed by atoms with van der Waals surface area (Å²) in [5, 5.41) is 11.7. The number of hydrogen-bond acceptors (Lipinski definition) is 3. The van der Waals surface area contributed by atoms with E-state index in [1.165, 1.54) is 6.07 Å². The molecule has 6 heteroatoms. The number of amides is 1. The van der Waals surface area contributed by atoms with Crippen LogP contribution in [0.2, 0.25) is 0 Å². The van der Waals surface area contributed by atoms with E-state index in [0.29, 0.717) is 18.7 Å². The molecule has 0 spiro atoms. The van der Waals surface area contributed by atoms with Crippen molar-refractivity contribution in [2.75, 3.05) is 19.6 Å². The molecule has 24 heavy (non-hydrogen) atoms. The maximum Gasteiger partial charge on any atom is 0.303 e. The molecule has 0 radical (unpaired) electrons. The minimum absolute atomic E-state index is 0.0901. The smallest absolute Gasteiger partial charge is 0.303 e. The van der Waals surface area contributed by atoms with Gasteiger partial charge in [0.05, 0.1) is 6.54 Å². The van der Waals surface area contributed by atoms with E-state index in [-0.39, 0.29) is 24.1 Å². The molecule has 1 heterocycles. The lowest BCUT2D eigenvalue weighted by atomic mass is 9.97. The van der Waals surface area contributed by atoms with Crippen molar-refractivity contribution < 1.29 is 19.1 Å². The number of benzene rings is 1. The van der Waals surface area contributed by atoms with Gasteiger partial charge in [-0.05, 0) is 62.4 Å². The first-order chi connectivity index (χ1) is 11.4. The monoisotopic (exact) mass is 336 g/mol. The van der Waals surface area contributed by atoms with E-state index in [9.17, 15) is 14.0 Å². The Morgan fingerprint density at radius 2 is 2.12 bits per heavy atom. The summed E-state index contributed by atoms with van der Waals surface area (Å²) in [4.78, 5) is 24.9. The molecule has 2 rings (SSSR count). The normalized spacial score (nSPS) is 18.8. The Hall–Kier alpha value is -1.95. The lowest BCUT2D eigenvalue weighted by Crippen LogP contribution is -2.37. The molecule has 132 valence electrons. The minimum atomic E-state index is -0.753. The summed E-state index contributed by atoms with van der Waals surface area (Å²) in [6.07, 6.45) is 2.82. The summed E-state index contributed by atoms with van der Waals surface area (Å²) in [6, 6.07) is 4.95. The molecule has 5 nitrogen and oxygen atoms in total. The number of rotatable bonds is 6. The molecule has 0 saturated carbocycles. The van der Waals surface area contributed by atoms with Gasteiger partial charge in [0.2, 0.25) is 5.91 Å². The first-order valence-corrected chi connectivity index (χ1v) is 8.40. The Kier molecular flexibility index (Phi) is 6.73. The van der Waals surface area contributed by atoms with Crippen LogP contribution in [0.15, 0.2) is 18.2 Å². The Morgan fingerprint density at radius 3 is 2.83 bits per heavy atom. The molecule has 0 aromatic heterocycles. The van der Waals surface area contributed by atoms with Gasteiger partial charge in [0, 0.05) is 13.0 Å². The molecule has 1 aliphatic heterocycles. The third-order valence-electron chi connectivity index (χ3n) is 4.50. The van der Waals surface area contributed by atoms with E-state index in [1.807, 2.05) is 0 Å². The van der Waals surface area contributed by atoms with E-state index in [0.717, 1.165) is 37.9 Å². The predicted octanol–water partition coefficient (Wildman–Crippen LogP) is 2.33. The molecule has 1 unspecified atom stereocenters. The molecule has 2 N–H and O–H groups in total. The Balaban J connectivity index is 1.75. The molecule has 1 saturated heterocycles. The Bertz CT molecular complexity index is 592. The van der Waals surface area contributed by atoms with E-state index in [2.05, 4.69) is 10.2 Å². The highest BCUT2D eigenvalue weighted by Crippen LogP contribution is 2.20. The molecule has 1 aromatic carbocycles. The van der Waals surface area contributed by atoms with Crippen molar-refractivity contribution in [3.63, 3.8) is 0 Å². The van der Waals surface area contributed by atoms with Crippen molar-refractivity contribution in [2.24, 2.45) is 5.92 Å². The van der Waals surface area contributed by atoms with Gasteiger partial charge < -0.3 is 10.4 Å².